The van der Waals surface area contributed by atoms with E-state index in [0.29, 0.717) is 20.8 Å². The predicted molar refractivity (Wildman–Crippen MR) is 79.9 cm³/mol. The largest absolute Gasteiger partial charge is 0.497 e. The number of rotatable bonds is 4. The first kappa shape index (κ1) is 14.5. The molecule has 1 amide bonds. The normalized spacial score (nSPS) is 10.1. The number of anilines is 1. The number of thiophene rings is 1. The Morgan fingerprint density at radius 2 is 1.95 bits per heavy atom. The quantitative estimate of drug-likeness (QED) is 0.880. The zero-order valence-corrected chi connectivity index (χ0v) is 12.7. The number of carboxylic acids is 1. The molecule has 0 fully saturated rings. The Bertz CT molecular complexity index is 668. The Balaban J connectivity index is 2.20. The first-order valence-electron chi connectivity index (χ1n) is 5.49. The van der Waals surface area contributed by atoms with Crippen molar-refractivity contribution >= 4 is 44.8 Å². The third-order valence-electron chi connectivity index (χ3n) is 2.46. The number of aromatic carboxylic acids is 1. The summed E-state index contributed by atoms with van der Waals surface area (Å²) in [5.41, 5.74) is 0.555. The number of carbonyl (C=O) groups is 2. The maximum Gasteiger partial charge on any atom is 0.345 e. The van der Waals surface area contributed by atoms with Gasteiger partial charge in [-0.05, 0) is 40.2 Å². The fourth-order valence-corrected chi connectivity index (χ4v) is 2.57. The number of ether oxygens (including phenoxy) is 1. The van der Waals surface area contributed by atoms with Crippen molar-refractivity contribution in [1.29, 1.82) is 0 Å². The zero-order valence-electron chi connectivity index (χ0n) is 10.3. The molecule has 0 bridgehead atoms. The maximum atomic E-state index is 12.0. The average Bonchev–Trinajstić information content (AvgIpc) is 2.91. The number of halogens is 1. The van der Waals surface area contributed by atoms with E-state index in [0.717, 1.165) is 11.3 Å². The molecule has 0 aliphatic carbocycles. The molecule has 7 heteroatoms. The standard InChI is InChI=1S/C13H10BrNO4S/c1-19-7-2-3-8(14)9(6-7)15-12(16)10-4-5-11(20-10)13(17)18/h2-6H,1H3,(H,15,16)(H,17,18). The Kier molecular flexibility index (Phi) is 4.41. The Labute approximate surface area is 127 Å². The van der Waals surface area contributed by atoms with Crippen molar-refractivity contribution in [2.24, 2.45) is 0 Å². The van der Waals surface area contributed by atoms with Crippen molar-refractivity contribution in [2.45, 2.75) is 0 Å². The number of nitrogens with one attached hydrogen (secondary N) is 1. The van der Waals surface area contributed by atoms with Crippen LogP contribution in [0.4, 0.5) is 5.69 Å². The second-order valence-electron chi connectivity index (χ2n) is 3.77. The fourth-order valence-electron chi connectivity index (χ4n) is 1.49. The molecule has 0 aliphatic heterocycles. The van der Waals surface area contributed by atoms with Crippen LogP contribution in [0.5, 0.6) is 5.75 Å². The Hall–Kier alpha value is -1.86. The first-order chi connectivity index (χ1) is 9.51. The number of carboxylic acid groups (broad SMARTS) is 1. The van der Waals surface area contributed by atoms with Gasteiger partial charge in [0.2, 0.25) is 0 Å². The molecule has 2 N–H and O–H groups in total. The van der Waals surface area contributed by atoms with Crippen molar-refractivity contribution in [2.75, 3.05) is 12.4 Å². The Morgan fingerprint density at radius 3 is 2.55 bits per heavy atom. The fraction of sp³-hybridized carbons (Fsp3) is 0.0769. The molecule has 0 unspecified atom stereocenters. The van der Waals surface area contributed by atoms with Gasteiger partial charge in [-0.3, -0.25) is 4.79 Å². The van der Waals surface area contributed by atoms with E-state index in [9.17, 15) is 9.59 Å². The third kappa shape index (κ3) is 3.17. The predicted octanol–water partition coefficient (Wildman–Crippen LogP) is 3.47. The number of benzene rings is 1. The van der Waals surface area contributed by atoms with Crippen LogP contribution < -0.4 is 10.1 Å². The molecule has 20 heavy (non-hydrogen) atoms. The summed E-state index contributed by atoms with van der Waals surface area (Å²) >= 11 is 4.25. The van der Waals surface area contributed by atoms with Crippen LogP contribution in [0, 0.1) is 0 Å². The summed E-state index contributed by atoms with van der Waals surface area (Å²) in [6.45, 7) is 0. The lowest BCUT2D eigenvalue weighted by Crippen LogP contribution is -2.10. The monoisotopic (exact) mass is 355 g/mol. The highest BCUT2D eigenvalue weighted by atomic mass is 79.9. The molecule has 0 aliphatic rings. The van der Waals surface area contributed by atoms with Gasteiger partial charge in [0.25, 0.3) is 5.91 Å². The van der Waals surface area contributed by atoms with Crippen LogP contribution in [-0.2, 0) is 0 Å². The summed E-state index contributed by atoms with van der Waals surface area (Å²) in [5.74, 6) is -0.797. The molecule has 0 atom stereocenters. The highest BCUT2D eigenvalue weighted by Crippen LogP contribution is 2.28. The van der Waals surface area contributed by atoms with Gasteiger partial charge < -0.3 is 15.2 Å². The molecule has 5 nitrogen and oxygen atoms in total. The van der Waals surface area contributed by atoms with Gasteiger partial charge in [0.1, 0.15) is 10.6 Å². The van der Waals surface area contributed by atoms with Crippen LogP contribution in [0.25, 0.3) is 0 Å². The van der Waals surface area contributed by atoms with Crippen molar-refractivity contribution < 1.29 is 19.4 Å². The van der Waals surface area contributed by atoms with Crippen LogP contribution in [0.15, 0.2) is 34.8 Å². The molecule has 0 saturated carbocycles. The maximum absolute atomic E-state index is 12.0. The highest BCUT2D eigenvalue weighted by molar-refractivity contribution is 9.10. The number of carbonyl (C=O) groups excluding carboxylic acids is 1. The summed E-state index contributed by atoms with van der Waals surface area (Å²) in [6, 6.07) is 8.08. The summed E-state index contributed by atoms with van der Waals surface area (Å²) in [7, 11) is 1.53. The molecule has 104 valence electrons. The van der Waals surface area contributed by atoms with Gasteiger partial charge in [0.05, 0.1) is 17.7 Å². The van der Waals surface area contributed by atoms with E-state index in [1.54, 1.807) is 18.2 Å². The summed E-state index contributed by atoms with van der Waals surface area (Å²) in [6.07, 6.45) is 0. The van der Waals surface area contributed by atoms with E-state index in [-0.39, 0.29) is 10.8 Å². The van der Waals surface area contributed by atoms with Crippen molar-refractivity contribution in [3.63, 3.8) is 0 Å². The van der Waals surface area contributed by atoms with Gasteiger partial charge in [0, 0.05) is 10.5 Å². The second-order valence-corrected chi connectivity index (χ2v) is 5.71. The van der Waals surface area contributed by atoms with E-state index in [1.807, 2.05) is 0 Å². The molecule has 0 radical (unpaired) electrons. The second kappa shape index (κ2) is 6.06. The molecule has 1 aromatic carbocycles. The summed E-state index contributed by atoms with van der Waals surface area (Å²) in [4.78, 5) is 23.3. The van der Waals surface area contributed by atoms with E-state index in [4.69, 9.17) is 9.84 Å². The number of amides is 1. The van der Waals surface area contributed by atoms with Crippen LogP contribution in [0.3, 0.4) is 0 Å². The van der Waals surface area contributed by atoms with Crippen LogP contribution >= 0.6 is 27.3 Å². The van der Waals surface area contributed by atoms with E-state index in [2.05, 4.69) is 21.2 Å². The van der Waals surface area contributed by atoms with Gasteiger partial charge in [0.15, 0.2) is 0 Å². The molecular weight excluding hydrogens is 346 g/mol. The molecule has 2 aromatic rings. The molecule has 1 heterocycles. The number of hydrogen-bond acceptors (Lipinski definition) is 4. The molecular formula is C13H10BrNO4S. The molecule has 1 aromatic heterocycles. The van der Waals surface area contributed by atoms with Crippen molar-refractivity contribution in [3.8, 4) is 5.75 Å². The molecule has 0 spiro atoms. The number of hydrogen-bond donors (Lipinski definition) is 2. The van der Waals surface area contributed by atoms with Crippen LogP contribution in [-0.4, -0.2) is 24.1 Å². The van der Waals surface area contributed by atoms with Gasteiger partial charge in [-0.15, -0.1) is 11.3 Å². The van der Waals surface area contributed by atoms with Gasteiger partial charge in [-0.1, -0.05) is 0 Å². The molecule has 0 saturated heterocycles. The average molecular weight is 356 g/mol. The topological polar surface area (TPSA) is 75.6 Å². The first-order valence-corrected chi connectivity index (χ1v) is 7.10. The lowest BCUT2D eigenvalue weighted by Gasteiger charge is -2.08. The molecule has 2 rings (SSSR count). The zero-order chi connectivity index (χ0) is 14.7. The van der Waals surface area contributed by atoms with E-state index < -0.39 is 5.97 Å². The van der Waals surface area contributed by atoms with E-state index >= 15 is 0 Å². The van der Waals surface area contributed by atoms with Gasteiger partial charge >= 0.3 is 5.97 Å². The van der Waals surface area contributed by atoms with E-state index in [1.165, 1.54) is 19.2 Å². The summed E-state index contributed by atoms with van der Waals surface area (Å²) in [5, 5.41) is 11.5. The minimum atomic E-state index is -1.04. The lowest BCUT2D eigenvalue weighted by molar-refractivity contribution is 0.0702. The third-order valence-corrected chi connectivity index (χ3v) is 4.23. The number of methoxy groups -OCH3 is 1. The van der Waals surface area contributed by atoms with Gasteiger partial charge in [-0.2, -0.15) is 0 Å². The van der Waals surface area contributed by atoms with Crippen molar-refractivity contribution in [3.05, 3.63) is 44.6 Å². The van der Waals surface area contributed by atoms with Gasteiger partial charge in [-0.25, -0.2) is 4.79 Å². The SMILES string of the molecule is COc1ccc(Br)c(NC(=O)c2ccc(C(=O)O)s2)c1. The highest BCUT2D eigenvalue weighted by Gasteiger charge is 2.14. The van der Waals surface area contributed by atoms with Crippen LogP contribution in [0.1, 0.15) is 19.3 Å². The summed E-state index contributed by atoms with van der Waals surface area (Å²) < 4.78 is 5.80. The lowest BCUT2D eigenvalue weighted by atomic mass is 10.3. The van der Waals surface area contributed by atoms with Crippen molar-refractivity contribution in [1.82, 2.24) is 0 Å². The van der Waals surface area contributed by atoms with Crippen LogP contribution in [0.2, 0.25) is 0 Å². The Morgan fingerprint density at radius 1 is 1.25 bits per heavy atom. The minimum Gasteiger partial charge on any atom is -0.497 e. The smallest absolute Gasteiger partial charge is 0.345 e. The minimum absolute atomic E-state index is 0.125.